The third-order valence-electron chi connectivity index (χ3n) is 4.65. The predicted octanol–water partition coefficient (Wildman–Crippen LogP) is 6.36. The molecule has 5 nitrogen and oxygen atoms in total. The van der Waals surface area contributed by atoms with Crippen LogP contribution >= 0.6 is 11.6 Å². The smallest absolute Gasteiger partial charge is 0.487 e. The van der Waals surface area contributed by atoms with Crippen LogP contribution in [0.25, 0.3) is 22.0 Å². The van der Waals surface area contributed by atoms with E-state index in [0.717, 1.165) is 16.6 Å². The van der Waals surface area contributed by atoms with Gasteiger partial charge in [0.25, 0.3) is 0 Å². The molecule has 170 valence electrons. The Morgan fingerprint density at radius 2 is 1.61 bits per heavy atom. The van der Waals surface area contributed by atoms with Crippen LogP contribution in [-0.4, -0.2) is 18.9 Å². The van der Waals surface area contributed by atoms with Crippen LogP contribution in [-0.2, 0) is 16.7 Å². The zero-order chi connectivity index (χ0) is 23.6. The van der Waals surface area contributed by atoms with Gasteiger partial charge in [0.05, 0.1) is 16.2 Å². The van der Waals surface area contributed by atoms with E-state index in [-0.39, 0.29) is 17.2 Å². The maximum Gasteiger partial charge on any atom is 0.534 e. The van der Waals surface area contributed by atoms with Gasteiger partial charge in [0, 0.05) is 10.9 Å². The lowest BCUT2D eigenvalue weighted by Crippen LogP contribution is -2.28. The lowest BCUT2D eigenvalue weighted by Gasteiger charge is -2.15. The van der Waals surface area contributed by atoms with Gasteiger partial charge in [0.2, 0.25) is 0 Å². The number of alkyl halides is 3. The van der Waals surface area contributed by atoms with Gasteiger partial charge >= 0.3 is 15.6 Å². The summed E-state index contributed by atoms with van der Waals surface area (Å²) in [6.45, 7) is 0.208. The largest absolute Gasteiger partial charge is 0.534 e. The van der Waals surface area contributed by atoms with Crippen LogP contribution in [0.4, 0.5) is 13.2 Å². The van der Waals surface area contributed by atoms with Crippen molar-refractivity contribution in [2.75, 3.05) is 0 Å². The van der Waals surface area contributed by atoms with Gasteiger partial charge < -0.3 is 8.92 Å². The van der Waals surface area contributed by atoms with E-state index in [1.54, 1.807) is 24.3 Å². The molecular formula is C23H15ClF3NO4S. The summed E-state index contributed by atoms with van der Waals surface area (Å²) in [6, 6.07) is 21.9. The molecule has 0 saturated carbocycles. The summed E-state index contributed by atoms with van der Waals surface area (Å²) in [5, 5.41) is 0.737. The Bertz CT molecular complexity index is 1410. The number of benzene rings is 3. The van der Waals surface area contributed by atoms with Gasteiger partial charge in [-0.15, -0.1) is 0 Å². The minimum Gasteiger partial charge on any atom is -0.487 e. The van der Waals surface area contributed by atoms with Crippen molar-refractivity contribution in [3.8, 4) is 22.6 Å². The van der Waals surface area contributed by atoms with Gasteiger partial charge in [-0.25, -0.2) is 4.98 Å². The number of fused-ring (bicyclic) bond motifs is 1. The van der Waals surface area contributed by atoms with Gasteiger partial charge in [-0.3, -0.25) is 0 Å². The minimum absolute atomic E-state index is 0.0815. The summed E-state index contributed by atoms with van der Waals surface area (Å²) in [4.78, 5) is 4.53. The first-order valence-electron chi connectivity index (χ1n) is 9.51. The van der Waals surface area contributed by atoms with Crippen LogP contribution in [0, 0.1) is 0 Å². The van der Waals surface area contributed by atoms with Crippen LogP contribution in [0.1, 0.15) is 5.69 Å². The molecule has 4 aromatic rings. The monoisotopic (exact) mass is 493 g/mol. The average molecular weight is 494 g/mol. The number of nitrogens with zero attached hydrogens (tertiary/aromatic N) is 1. The molecule has 33 heavy (non-hydrogen) atoms. The average Bonchev–Trinajstić information content (AvgIpc) is 2.78. The molecule has 0 saturated heterocycles. The zero-order valence-electron chi connectivity index (χ0n) is 16.7. The number of rotatable bonds is 6. The zero-order valence-corrected chi connectivity index (χ0v) is 18.3. The standard InChI is InChI=1S/C23H15ClF3NO4S/c24-20-6-3-5-19(22(20)32-33(29,30)23(25,26)27)15-9-12-18(13-10-15)31-14-17-11-8-16-4-1-2-7-21(16)28-17/h1-13H,14H2. The van der Waals surface area contributed by atoms with Crippen molar-refractivity contribution in [3.63, 3.8) is 0 Å². The molecule has 3 aromatic carbocycles. The number of hydrogen-bond donors (Lipinski definition) is 0. The van der Waals surface area contributed by atoms with E-state index in [1.165, 1.54) is 18.2 Å². The van der Waals surface area contributed by atoms with Crippen molar-refractivity contribution < 1.29 is 30.5 Å². The number of para-hydroxylation sites is 2. The molecule has 0 spiro atoms. The fraction of sp³-hybridized carbons (Fsp3) is 0.0870. The number of aromatic nitrogens is 1. The molecule has 10 heteroatoms. The molecule has 0 N–H and O–H groups in total. The second-order valence-electron chi connectivity index (χ2n) is 6.91. The van der Waals surface area contributed by atoms with E-state index in [4.69, 9.17) is 16.3 Å². The number of pyridine rings is 1. The van der Waals surface area contributed by atoms with E-state index < -0.39 is 21.4 Å². The molecule has 4 rings (SSSR count). The lowest BCUT2D eigenvalue weighted by molar-refractivity contribution is -0.0499. The van der Waals surface area contributed by atoms with Gasteiger partial charge in [0.15, 0.2) is 5.75 Å². The molecule has 1 aromatic heterocycles. The highest BCUT2D eigenvalue weighted by atomic mass is 35.5. The van der Waals surface area contributed by atoms with Crippen LogP contribution in [0.5, 0.6) is 11.5 Å². The summed E-state index contributed by atoms with van der Waals surface area (Å²) in [5.41, 5.74) is -3.55. The van der Waals surface area contributed by atoms with E-state index in [9.17, 15) is 21.6 Å². The molecule has 1 heterocycles. The summed E-state index contributed by atoms with van der Waals surface area (Å²) in [7, 11) is -5.88. The summed E-state index contributed by atoms with van der Waals surface area (Å²) in [5.74, 6) is -0.119. The highest BCUT2D eigenvalue weighted by Gasteiger charge is 2.49. The lowest BCUT2D eigenvalue weighted by atomic mass is 10.0. The fourth-order valence-electron chi connectivity index (χ4n) is 3.05. The van der Waals surface area contributed by atoms with Crippen molar-refractivity contribution in [1.29, 1.82) is 0 Å². The van der Waals surface area contributed by atoms with Gasteiger partial charge in [-0.05, 0) is 35.9 Å². The summed E-state index contributed by atoms with van der Waals surface area (Å²) in [6.07, 6.45) is 0. The van der Waals surface area contributed by atoms with Crippen LogP contribution in [0.3, 0.4) is 0 Å². The third kappa shape index (κ3) is 5.04. The molecule has 0 unspecified atom stereocenters. The molecule has 0 radical (unpaired) electrons. The second kappa shape index (κ2) is 8.92. The normalized spacial score (nSPS) is 12.0. The predicted molar refractivity (Wildman–Crippen MR) is 119 cm³/mol. The van der Waals surface area contributed by atoms with Gasteiger partial charge in [0.1, 0.15) is 12.4 Å². The van der Waals surface area contributed by atoms with Crippen molar-refractivity contribution in [2.45, 2.75) is 12.1 Å². The minimum atomic E-state index is -5.88. The van der Waals surface area contributed by atoms with E-state index >= 15 is 0 Å². The van der Waals surface area contributed by atoms with Crippen molar-refractivity contribution in [1.82, 2.24) is 4.98 Å². The Kier molecular flexibility index (Phi) is 6.18. The molecule has 0 bridgehead atoms. The molecule has 0 aliphatic rings. The molecule has 0 aliphatic carbocycles. The van der Waals surface area contributed by atoms with Crippen LogP contribution in [0.15, 0.2) is 78.9 Å². The Morgan fingerprint density at radius 1 is 0.879 bits per heavy atom. The van der Waals surface area contributed by atoms with Gasteiger partial charge in [-0.2, -0.15) is 21.6 Å². The first-order chi connectivity index (χ1) is 15.6. The first kappa shape index (κ1) is 22.9. The Labute approximate surface area is 192 Å². The van der Waals surface area contributed by atoms with Crippen LogP contribution in [0.2, 0.25) is 5.02 Å². The molecular weight excluding hydrogens is 479 g/mol. The third-order valence-corrected chi connectivity index (χ3v) is 5.90. The maximum absolute atomic E-state index is 12.8. The first-order valence-corrected chi connectivity index (χ1v) is 11.3. The maximum atomic E-state index is 12.8. The topological polar surface area (TPSA) is 65.5 Å². The number of ether oxygens (including phenoxy) is 1. The molecule has 0 aliphatic heterocycles. The fourth-order valence-corrected chi connectivity index (χ4v) is 3.81. The second-order valence-corrected chi connectivity index (χ2v) is 8.85. The highest BCUT2D eigenvalue weighted by Crippen LogP contribution is 2.39. The van der Waals surface area contributed by atoms with Crippen molar-refractivity contribution >= 4 is 32.6 Å². The Balaban J connectivity index is 1.54. The summed E-state index contributed by atoms with van der Waals surface area (Å²) < 4.78 is 71.4. The molecule has 0 atom stereocenters. The van der Waals surface area contributed by atoms with E-state index in [1.807, 2.05) is 36.4 Å². The SMILES string of the molecule is O=S(=O)(Oc1c(Cl)cccc1-c1ccc(OCc2ccc3ccccc3n2)cc1)C(F)(F)F. The quantitative estimate of drug-likeness (QED) is 0.231. The highest BCUT2D eigenvalue weighted by molar-refractivity contribution is 7.88. The van der Waals surface area contributed by atoms with E-state index in [0.29, 0.717) is 11.3 Å². The summed E-state index contributed by atoms with van der Waals surface area (Å²) >= 11 is 5.94. The van der Waals surface area contributed by atoms with Crippen molar-refractivity contribution in [3.05, 3.63) is 89.6 Å². The van der Waals surface area contributed by atoms with Crippen LogP contribution < -0.4 is 8.92 Å². The molecule has 0 fully saturated rings. The number of hydrogen-bond acceptors (Lipinski definition) is 5. The van der Waals surface area contributed by atoms with Crippen molar-refractivity contribution in [2.24, 2.45) is 0 Å². The number of halogens is 4. The Hall–Kier alpha value is -3.30. The van der Waals surface area contributed by atoms with Gasteiger partial charge in [-0.1, -0.05) is 60.1 Å². The van der Waals surface area contributed by atoms with E-state index in [2.05, 4.69) is 9.17 Å². The molecule has 0 amide bonds. The Morgan fingerprint density at radius 3 is 2.33 bits per heavy atom.